The van der Waals surface area contributed by atoms with E-state index in [-0.39, 0.29) is 0 Å². The van der Waals surface area contributed by atoms with Crippen molar-refractivity contribution in [3.05, 3.63) is 126 Å². The van der Waals surface area contributed by atoms with E-state index < -0.39 is 0 Å². The number of benzene rings is 4. The molecule has 0 radical (unpaired) electrons. The normalized spacial score (nSPS) is 11.1. The second kappa shape index (κ2) is 10.7. The van der Waals surface area contributed by atoms with E-state index in [9.17, 15) is 0 Å². The molecular weight excluding hydrogens is 446 g/mol. The highest BCUT2D eigenvalue weighted by atomic mass is 16.5. The van der Waals surface area contributed by atoms with Crippen LogP contribution in [-0.2, 0) is 6.61 Å². The molecule has 0 amide bonds. The van der Waals surface area contributed by atoms with Crippen molar-refractivity contribution in [2.75, 3.05) is 7.11 Å². The maximum absolute atomic E-state index is 5.99. The Hall–Kier alpha value is -4.64. The van der Waals surface area contributed by atoms with E-state index in [1.807, 2.05) is 95.8 Å². The Kier molecular flexibility index (Phi) is 6.90. The summed E-state index contributed by atoms with van der Waals surface area (Å²) in [7, 11) is 1.64. The van der Waals surface area contributed by atoms with E-state index in [0.29, 0.717) is 18.1 Å². The molecule has 1 aromatic heterocycles. The van der Waals surface area contributed by atoms with Gasteiger partial charge in [-0.2, -0.15) is 5.10 Å². The largest absolute Gasteiger partial charge is 0.493 e. The first-order valence-electron chi connectivity index (χ1n) is 11.8. The van der Waals surface area contributed by atoms with Crippen LogP contribution in [0.2, 0.25) is 0 Å². The van der Waals surface area contributed by atoms with E-state index in [1.54, 1.807) is 7.11 Å². The number of hydrogen-bond donors (Lipinski definition) is 0. The van der Waals surface area contributed by atoms with Gasteiger partial charge in [-0.05, 0) is 48.4 Å². The van der Waals surface area contributed by atoms with Gasteiger partial charge in [0.25, 0.3) is 0 Å². The number of aryl methyl sites for hydroxylation is 1. The summed E-state index contributed by atoms with van der Waals surface area (Å²) in [6.45, 7) is 2.55. The minimum atomic E-state index is 0.475. The van der Waals surface area contributed by atoms with Crippen LogP contribution in [0.5, 0.6) is 11.5 Å². The van der Waals surface area contributed by atoms with Crippen molar-refractivity contribution < 1.29 is 9.47 Å². The van der Waals surface area contributed by atoms with E-state index in [4.69, 9.17) is 19.6 Å². The van der Waals surface area contributed by atoms with Gasteiger partial charge in [-0.3, -0.25) is 0 Å². The predicted molar refractivity (Wildman–Crippen MR) is 145 cm³/mol. The Morgan fingerprint density at radius 1 is 0.806 bits per heavy atom. The van der Waals surface area contributed by atoms with Gasteiger partial charge in [0.1, 0.15) is 6.61 Å². The van der Waals surface area contributed by atoms with Crippen molar-refractivity contribution in [2.24, 2.45) is 4.99 Å². The van der Waals surface area contributed by atoms with E-state index in [1.165, 1.54) is 5.56 Å². The topological polar surface area (TPSA) is 48.6 Å². The molecule has 5 rings (SSSR count). The van der Waals surface area contributed by atoms with Crippen molar-refractivity contribution in [3.8, 4) is 28.4 Å². The highest BCUT2D eigenvalue weighted by Gasteiger charge is 2.11. The van der Waals surface area contributed by atoms with Gasteiger partial charge in [0.15, 0.2) is 17.3 Å². The highest BCUT2D eigenvalue weighted by molar-refractivity contribution is 5.83. The molecule has 0 N–H and O–H groups in total. The number of methoxy groups -OCH3 is 1. The number of aliphatic imine (C=N–C) groups is 1. The third-order valence-corrected chi connectivity index (χ3v) is 5.81. The van der Waals surface area contributed by atoms with E-state index in [0.717, 1.165) is 33.9 Å². The number of aromatic nitrogens is 2. The first-order valence-corrected chi connectivity index (χ1v) is 11.8. The van der Waals surface area contributed by atoms with Crippen molar-refractivity contribution in [1.82, 2.24) is 9.78 Å². The minimum Gasteiger partial charge on any atom is -0.493 e. The quantitative estimate of drug-likeness (QED) is 0.224. The van der Waals surface area contributed by atoms with Crippen molar-refractivity contribution in [3.63, 3.8) is 0 Å². The molecule has 4 aromatic carbocycles. The predicted octanol–water partition coefficient (Wildman–Crippen LogP) is 7.19. The minimum absolute atomic E-state index is 0.475. The smallest absolute Gasteiger partial charge is 0.161 e. The molecule has 0 aliphatic rings. The number of ether oxygens (including phenoxy) is 2. The van der Waals surface area contributed by atoms with Crippen LogP contribution in [0.25, 0.3) is 16.9 Å². The van der Waals surface area contributed by atoms with Gasteiger partial charge in [-0.15, -0.1) is 0 Å². The molecule has 0 spiro atoms. The van der Waals surface area contributed by atoms with Gasteiger partial charge in [0, 0.05) is 17.8 Å². The fraction of sp³-hybridized carbons (Fsp3) is 0.0968. The maximum Gasteiger partial charge on any atom is 0.161 e. The van der Waals surface area contributed by atoms with Crippen LogP contribution in [0.1, 0.15) is 16.7 Å². The highest BCUT2D eigenvalue weighted by Crippen LogP contribution is 2.30. The van der Waals surface area contributed by atoms with Crippen LogP contribution < -0.4 is 9.47 Å². The monoisotopic (exact) mass is 473 g/mol. The molecule has 5 nitrogen and oxygen atoms in total. The summed E-state index contributed by atoms with van der Waals surface area (Å²) in [4.78, 5) is 4.79. The Labute approximate surface area is 211 Å². The Bertz CT molecular complexity index is 1460. The Balaban J connectivity index is 1.42. The molecule has 0 bridgehead atoms. The lowest BCUT2D eigenvalue weighted by molar-refractivity contribution is 0.284. The molecule has 5 aromatic rings. The average Bonchev–Trinajstić information content (AvgIpc) is 3.36. The van der Waals surface area contributed by atoms with Crippen molar-refractivity contribution in [2.45, 2.75) is 13.5 Å². The van der Waals surface area contributed by atoms with Crippen LogP contribution in [-0.4, -0.2) is 23.1 Å². The van der Waals surface area contributed by atoms with Crippen molar-refractivity contribution >= 4 is 12.0 Å². The molecule has 178 valence electrons. The second-order valence-corrected chi connectivity index (χ2v) is 8.44. The Morgan fingerprint density at radius 3 is 2.25 bits per heavy atom. The van der Waals surface area contributed by atoms with Gasteiger partial charge in [-0.25, -0.2) is 9.67 Å². The number of para-hydroxylation sites is 1. The molecule has 0 unspecified atom stereocenters. The summed E-state index contributed by atoms with van der Waals surface area (Å²) in [5, 5.41) is 4.85. The number of nitrogens with zero attached hydrogens (tertiary/aromatic N) is 3. The summed E-state index contributed by atoms with van der Waals surface area (Å²) in [5.74, 6) is 2.08. The third kappa shape index (κ3) is 5.36. The van der Waals surface area contributed by atoms with Crippen LogP contribution in [0.3, 0.4) is 0 Å². The first kappa shape index (κ1) is 23.1. The molecular formula is C31H27N3O2. The summed E-state index contributed by atoms with van der Waals surface area (Å²) in [6.07, 6.45) is 1.82. The molecule has 0 aliphatic heterocycles. The SMILES string of the molecule is COc1cc(C=Nc2cc(-c3ccc(C)cc3)nn2-c2ccccc2)ccc1OCc1ccccc1. The van der Waals surface area contributed by atoms with Crippen LogP contribution in [0.15, 0.2) is 114 Å². The summed E-state index contributed by atoms with van der Waals surface area (Å²) in [6, 6.07) is 36.2. The van der Waals surface area contributed by atoms with E-state index in [2.05, 4.69) is 31.2 Å². The van der Waals surface area contributed by atoms with Crippen LogP contribution >= 0.6 is 0 Å². The van der Waals surface area contributed by atoms with Gasteiger partial charge in [0.05, 0.1) is 18.5 Å². The van der Waals surface area contributed by atoms with Gasteiger partial charge in [-0.1, -0.05) is 78.4 Å². The van der Waals surface area contributed by atoms with Gasteiger partial charge < -0.3 is 9.47 Å². The first-order chi connectivity index (χ1) is 17.7. The van der Waals surface area contributed by atoms with Crippen LogP contribution in [0.4, 0.5) is 5.82 Å². The van der Waals surface area contributed by atoms with E-state index >= 15 is 0 Å². The zero-order chi connectivity index (χ0) is 24.7. The number of hydrogen-bond acceptors (Lipinski definition) is 4. The molecule has 0 saturated carbocycles. The number of rotatable bonds is 8. The Morgan fingerprint density at radius 2 is 1.53 bits per heavy atom. The van der Waals surface area contributed by atoms with Crippen molar-refractivity contribution in [1.29, 1.82) is 0 Å². The average molecular weight is 474 g/mol. The van der Waals surface area contributed by atoms with Gasteiger partial charge in [0.2, 0.25) is 0 Å². The fourth-order valence-electron chi connectivity index (χ4n) is 3.85. The van der Waals surface area contributed by atoms with Crippen LogP contribution in [0, 0.1) is 6.92 Å². The summed E-state index contributed by atoms with van der Waals surface area (Å²) >= 11 is 0. The lowest BCUT2D eigenvalue weighted by Crippen LogP contribution is -1.98. The van der Waals surface area contributed by atoms with Gasteiger partial charge >= 0.3 is 0 Å². The zero-order valence-electron chi connectivity index (χ0n) is 20.3. The zero-order valence-corrected chi connectivity index (χ0v) is 20.3. The summed E-state index contributed by atoms with van der Waals surface area (Å²) in [5.41, 5.74) is 6.08. The molecule has 0 saturated heterocycles. The molecule has 0 aliphatic carbocycles. The fourth-order valence-corrected chi connectivity index (χ4v) is 3.85. The lowest BCUT2D eigenvalue weighted by atomic mass is 10.1. The molecule has 0 fully saturated rings. The molecule has 5 heteroatoms. The standard InChI is InChI=1S/C31H27N3O2/c1-23-13-16-26(17-14-23)28-20-31(34(33-28)27-11-7-4-8-12-27)32-21-25-15-18-29(30(19-25)35-2)36-22-24-9-5-3-6-10-24/h3-21H,22H2,1-2H3. The molecule has 0 atom stereocenters. The maximum atomic E-state index is 5.99. The summed E-state index contributed by atoms with van der Waals surface area (Å²) < 4.78 is 13.4. The third-order valence-electron chi connectivity index (χ3n) is 5.81. The second-order valence-electron chi connectivity index (χ2n) is 8.44. The lowest BCUT2D eigenvalue weighted by Gasteiger charge is -2.11. The molecule has 1 heterocycles. The molecule has 36 heavy (non-hydrogen) atoms.